The summed E-state index contributed by atoms with van der Waals surface area (Å²) in [6.07, 6.45) is 0. The van der Waals surface area contributed by atoms with Gasteiger partial charge in [-0.15, -0.1) is 0 Å². The van der Waals surface area contributed by atoms with E-state index in [2.05, 4.69) is 17.2 Å². The van der Waals surface area contributed by atoms with E-state index in [0.29, 0.717) is 38.5 Å². The van der Waals surface area contributed by atoms with Crippen LogP contribution in [0.1, 0.15) is 13.8 Å². The summed E-state index contributed by atoms with van der Waals surface area (Å²) in [4.78, 5) is 22.1. The van der Waals surface area contributed by atoms with Crippen LogP contribution in [0, 0.1) is 0 Å². The van der Waals surface area contributed by atoms with Crippen molar-refractivity contribution in [1.82, 2.24) is 10.6 Å². The van der Waals surface area contributed by atoms with Crippen LogP contribution in [0.4, 0.5) is 0 Å². The molecule has 0 saturated carbocycles. The molecule has 6 nitrogen and oxygen atoms in total. The molecule has 0 aromatic heterocycles. The van der Waals surface area contributed by atoms with Gasteiger partial charge in [0.15, 0.2) is 0 Å². The molecule has 2 N–H and O–H groups in total. The van der Waals surface area contributed by atoms with Crippen LogP contribution in [0.3, 0.4) is 0 Å². The van der Waals surface area contributed by atoms with Crippen LogP contribution in [0.5, 0.6) is 0 Å². The van der Waals surface area contributed by atoms with E-state index in [4.69, 9.17) is 9.47 Å². The zero-order valence-electron chi connectivity index (χ0n) is 11.1. The molecule has 2 amide bonds. The second-order valence-corrected chi connectivity index (χ2v) is 3.65. The van der Waals surface area contributed by atoms with Crippen LogP contribution in [-0.2, 0) is 19.1 Å². The molecule has 0 unspecified atom stereocenters. The first-order chi connectivity index (χ1) is 8.57. The van der Waals surface area contributed by atoms with E-state index in [1.165, 1.54) is 0 Å². The second-order valence-electron chi connectivity index (χ2n) is 3.65. The SMILES string of the molecule is C=C(C)C(=O)NCCOCCOCC(=O)NCC. The Morgan fingerprint density at radius 1 is 1.11 bits per heavy atom. The van der Waals surface area contributed by atoms with Crippen LogP contribution >= 0.6 is 0 Å². The third kappa shape index (κ3) is 9.80. The maximum atomic E-state index is 11.1. The number of rotatable bonds is 10. The lowest BCUT2D eigenvalue weighted by atomic mass is 10.3. The van der Waals surface area contributed by atoms with Gasteiger partial charge in [-0.05, 0) is 13.8 Å². The van der Waals surface area contributed by atoms with E-state index in [1.54, 1.807) is 6.92 Å². The summed E-state index contributed by atoms with van der Waals surface area (Å²) < 4.78 is 10.3. The summed E-state index contributed by atoms with van der Waals surface area (Å²) in [6.45, 7) is 9.23. The molecule has 0 aliphatic heterocycles. The van der Waals surface area contributed by atoms with Gasteiger partial charge < -0.3 is 20.1 Å². The zero-order valence-corrected chi connectivity index (χ0v) is 11.1. The topological polar surface area (TPSA) is 76.7 Å². The molecule has 0 atom stereocenters. The number of likely N-dealkylation sites (N-methyl/N-ethyl adjacent to an activating group) is 1. The van der Waals surface area contributed by atoms with Crippen molar-refractivity contribution in [3.05, 3.63) is 12.2 Å². The molecular formula is C12H22N2O4. The summed E-state index contributed by atoms with van der Waals surface area (Å²) >= 11 is 0. The summed E-state index contributed by atoms with van der Waals surface area (Å²) in [5.74, 6) is -0.308. The summed E-state index contributed by atoms with van der Waals surface area (Å²) in [5, 5.41) is 5.26. The predicted octanol–water partition coefficient (Wildman–Crippen LogP) is -0.152. The van der Waals surface area contributed by atoms with E-state index in [1.807, 2.05) is 6.92 Å². The van der Waals surface area contributed by atoms with Crippen molar-refractivity contribution in [2.24, 2.45) is 0 Å². The first-order valence-electron chi connectivity index (χ1n) is 5.93. The van der Waals surface area contributed by atoms with Crippen molar-refractivity contribution < 1.29 is 19.1 Å². The highest BCUT2D eigenvalue weighted by Gasteiger charge is 2.00. The van der Waals surface area contributed by atoms with Crippen LogP contribution in [0.2, 0.25) is 0 Å². The van der Waals surface area contributed by atoms with Crippen LogP contribution in [-0.4, -0.2) is 51.3 Å². The third-order valence-corrected chi connectivity index (χ3v) is 1.90. The van der Waals surface area contributed by atoms with E-state index in [-0.39, 0.29) is 18.4 Å². The van der Waals surface area contributed by atoms with E-state index in [0.717, 1.165) is 0 Å². The lowest BCUT2D eigenvalue weighted by Crippen LogP contribution is -2.29. The van der Waals surface area contributed by atoms with Crippen molar-refractivity contribution in [3.8, 4) is 0 Å². The first kappa shape index (κ1) is 16.6. The fourth-order valence-corrected chi connectivity index (χ4v) is 1.02. The Balaban J connectivity index is 3.24. The molecule has 104 valence electrons. The van der Waals surface area contributed by atoms with Gasteiger partial charge in [-0.1, -0.05) is 6.58 Å². The number of amides is 2. The molecule has 0 aliphatic carbocycles. The largest absolute Gasteiger partial charge is 0.377 e. The highest BCUT2D eigenvalue weighted by molar-refractivity contribution is 5.92. The highest BCUT2D eigenvalue weighted by Crippen LogP contribution is 1.85. The number of hydrogen-bond donors (Lipinski definition) is 2. The Labute approximate surface area is 108 Å². The van der Waals surface area contributed by atoms with Crippen molar-refractivity contribution in [3.63, 3.8) is 0 Å². The van der Waals surface area contributed by atoms with Crippen molar-refractivity contribution >= 4 is 11.8 Å². The Hall–Kier alpha value is -1.40. The summed E-state index contributed by atoms with van der Waals surface area (Å²) in [7, 11) is 0. The van der Waals surface area contributed by atoms with Crippen molar-refractivity contribution in [1.29, 1.82) is 0 Å². The van der Waals surface area contributed by atoms with Gasteiger partial charge in [-0.3, -0.25) is 9.59 Å². The molecule has 0 bridgehead atoms. The zero-order chi connectivity index (χ0) is 13.8. The lowest BCUT2D eigenvalue weighted by Gasteiger charge is -2.07. The van der Waals surface area contributed by atoms with Gasteiger partial charge >= 0.3 is 0 Å². The molecule has 0 aromatic carbocycles. The monoisotopic (exact) mass is 258 g/mol. The van der Waals surface area contributed by atoms with Crippen LogP contribution in [0.15, 0.2) is 12.2 Å². The van der Waals surface area contributed by atoms with E-state index >= 15 is 0 Å². The Morgan fingerprint density at radius 3 is 2.39 bits per heavy atom. The van der Waals surface area contributed by atoms with Crippen LogP contribution < -0.4 is 10.6 Å². The Morgan fingerprint density at radius 2 is 1.78 bits per heavy atom. The predicted molar refractivity (Wildman–Crippen MR) is 68.1 cm³/mol. The molecule has 0 fully saturated rings. The molecule has 0 rings (SSSR count). The number of carbonyl (C=O) groups is 2. The standard InChI is InChI=1S/C12H22N2O4/c1-4-13-11(15)9-18-8-7-17-6-5-14-12(16)10(2)3/h2,4-9H2,1,3H3,(H,13,15)(H,14,16). The van der Waals surface area contributed by atoms with Gasteiger partial charge in [0.25, 0.3) is 0 Å². The second kappa shape index (κ2) is 10.7. The Bertz CT molecular complexity index is 279. The minimum Gasteiger partial charge on any atom is -0.377 e. The quantitative estimate of drug-likeness (QED) is 0.422. The maximum Gasteiger partial charge on any atom is 0.246 e. The van der Waals surface area contributed by atoms with Crippen LogP contribution in [0.25, 0.3) is 0 Å². The smallest absolute Gasteiger partial charge is 0.246 e. The lowest BCUT2D eigenvalue weighted by molar-refractivity contribution is -0.126. The normalized spacial score (nSPS) is 9.89. The molecule has 0 aliphatic rings. The average Bonchev–Trinajstić information content (AvgIpc) is 2.32. The van der Waals surface area contributed by atoms with E-state index < -0.39 is 0 Å². The minimum absolute atomic E-state index is 0.0452. The van der Waals surface area contributed by atoms with Gasteiger partial charge in [-0.2, -0.15) is 0 Å². The fraction of sp³-hybridized carbons (Fsp3) is 0.667. The van der Waals surface area contributed by atoms with Gasteiger partial charge in [0, 0.05) is 18.7 Å². The molecule has 0 spiro atoms. The molecule has 0 radical (unpaired) electrons. The number of carbonyl (C=O) groups excluding carboxylic acids is 2. The van der Waals surface area contributed by atoms with Gasteiger partial charge in [-0.25, -0.2) is 0 Å². The number of nitrogens with one attached hydrogen (secondary N) is 2. The fourth-order valence-electron chi connectivity index (χ4n) is 1.02. The average molecular weight is 258 g/mol. The Kier molecular flexibility index (Phi) is 9.90. The number of hydrogen-bond acceptors (Lipinski definition) is 4. The molecule has 18 heavy (non-hydrogen) atoms. The molecule has 0 heterocycles. The van der Waals surface area contributed by atoms with Crippen molar-refractivity contribution in [2.45, 2.75) is 13.8 Å². The number of ether oxygens (including phenoxy) is 2. The van der Waals surface area contributed by atoms with Gasteiger partial charge in [0.05, 0.1) is 19.8 Å². The maximum absolute atomic E-state index is 11.1. The third-order valence-electron chi connectivity index (χ3n) is 1.90. The molecule has 0 aromatic rings. The van der Waals surface area contributed by atoms with Gasteiger partial charge in [0.2, 0.25) is 11.8 Å². The molecular weight excluding hydrogens is 236 g/mol. The van der Waals surface area contributed by atoms with Gasteiger partial charge in [0.1, 0.15) is 6.61 Å². The van der Waals surface area contributed by atoms with E-state index in [9.17, 15) is 9.59 Å². The summed E-state index contributed by atoms with van der Waals surface area (Å²) in [5.41, 5.74) is 0.472. The summed E-state index contributed by atoms with van der Waals surface area (Å²) in [6, 6.07) is 0. The molecule has 6 heteroatoms. The molecule has 0 saturated heterocycles. The highest BCUT2D eigenvalue weighted by atomic mass is 16.5. The first-order valence-corrected chi connectivity index (χ1v) is 5.93. The van der Waals surface area contributed by atoms with Crippen molar-refractivity contribution in [2.75, 3.05) is 39.5 Å². The minimum atomic E-state index is -0.175.